The Kier molecular flexibility index (Phi) is 5.50. The van der Waals surface area contributed by atoms with E-state index in [2.05, 4.69) is 4.98 Å². The van der Waals surface area contributed by atoms with Gasteiger partial charge in [-0.2, -0.15) is 4.31 Å². The smallest absolute Gasteiger partial charge is 0.260 e. The van der Waals surface area contributed by atoms with E-state index >= 15 is 0 Å². The monoisotopic (exact) mass is 483 g/mol. The Morgan fingerprint density at radius 1 is 1.15 bits per heavy atom. The van der Waals surface area contributed by atoms with E-state index in [0.717, 1.165) is 21.8 Å². The van der Waals surface area contributed by atoms with Crippen LogP contribution in [0.15, 0.2) is 58.8 Å². The number of aromatic nitrogens is 1. The third kappa shape index (κ3) is 3.74. The number of aryl methyl sites for hydroxylation is 2. The van der Waals surface area contributed by atoms with Gasteiger partial charge < -0.3 is 9.64 Å². The summed E-state index contributed by atoms with van der Waals surface area (Å²) >= 11 is 1.50. The van der Waals surface area contributed by atoms with Gasteiger partial charge in [-0.15, -0.1) is 11.3 Å². The molecule has 1 saturated heterocycles. The first-order valence-corrected chi connectivity index (χ1v) is 13.1. The SMILES string of the molecule is Cc1nc(CN2C3(CCN(C(=O)COc4ccccc4C)C3)c3ccccc3S2(=O)=O)cs1. The number of fused-ring (bicyclic) bond motifs is 2. The number of hydrogen-bond acceptors (Lipinski definition) is 6. The summed E-state index contributed by atoms with van der Waals surface area (Å²) in [4.78, 5) is 19.6. The first-order chi connectivity index (χ1) is 15.8. The normalized spacial score (nSPS) is 21.5. The number of nitrogens with zero attached hydrogens (tertiary/aromatic N) is 3. The van der Waals surface area contributed by atoms with Gasteiger partial charge in [0.15, 0.2) is 6.61 Å². The first kappa shape index (κ1) is 22.1. The van der Waals surface area contributed by atoms with Crippen LogP contribution in [-0.4, -0.2) is 48.2 Å². The van der Waals surface area contributed by atoms with Crippen LogP contribution in [0.2, 0.25) is 0 Å². The number of para-hydroxylation sites is 1. The molecule has 3 aromatic rings. The minimum atomic E-state index is -3.71. The van der Waals surface area contributed by atoms with E-state index in [1.165, 1.54) is 11.3 Å². The summed E-state index contributed by atoms with van der Waals surface area (Å²) < 4.78 is 34.4. The molecular formula is C24H25N3O4S2. The first-order valence-electron chi connectivity index (χ1n) is 10.8. The average molecular weight is 484 g/mol. The topological polar surface area (TPSA) is 79.8 Å². The number of rotatable bonds is 5. The Labute approximate surface area is 197 Å². The number of hydrogen-bond donors (Lipinski definition) is 0. The van der Waals surface area contributed by atoms with Gasteiger partial charge in [-0.05, 0) is 43.5 Å². The molecule has 1 spiro atoms. The molecule has 0 aliphatic carbocycles. The van der Waals surface area contributed by atoms with Gasteiger partial charge in [-0.3, -0.25) is 4.79 Å². The molecule has 1 fully saturated rings. The predicted molar refractivity (Wildman–Crippen MR) is 126 cm³/mol. The molecule has 2 aromatic carbocycles. The van der Waals surface area contributed by atoms with Crippen molar-refractivity contribution in [3.05, 3.63) is 75.7 Å². The molecule has 7 nitrogen and oxygen atoms in total. The number of ether oxygens (including phenoxy) is 1. The van der Waals surface area contributed by atoms with E-state index in [1.54, 1.807) is 21.3 Å². The lowest BCUT2D eigenvalue weighted by atomic mass is 9.89. The molecule has 172 valence electrons. The van der Waals surface area contributed by atoms with E-state index in [0.29, 0.717) is 30.2 Å². The summed E-state index contributed by atoms with van der Waals surface area (Å²) in [6.07, 6.45) is 0.530. The highest BCUT2D eigenvalue weighted by molar-refractivity contribution is 7.89. The number of amides is 1. The van der Waals surface area contributed by atoms with Crippen molar-refractivity contribution in [2.75, 3.05) is 19.7 Å². The van der Waals surface area contributed by atoms with Crippen LogP contribution in [0.1, 0.15) is 28.2 Å². The molecular weight excluding hydrogens is 458 g/mol. The summed E-state index contributed by atoms with van der Waals surface area (Å²) in [7, 11) is -3.71. The lowest BCUT2D eigenvalue weighted by molar-refractivity contribution is -0.132. The number of benzene rings is 2. The van der Waals surface area contributed by atoms with E-state index < -0.39 is 15.6 Å². The molecule has 1 atom stereocenters. The van der Waals surface area contributed by atoms with Crippen LogP contribution in [0, 0.1) is 13.8 Å². The molecule has 0 bridgehead atoms. The maximum Gasteiger partial charge on any atom is 0.260 e. The Morgan fingerprint density at radius 2 is 1.91 bits per heavy atom. The van der Waals surface area contributed by atoms with Crippen LogP contribution >= 0.6 is 11.3 Å². The number of sulfonamides is 1. The van der Waals surface area contributed by atoms with Crippen molar-refractivity contribution in [2.45, 2.75) is 37.2 Å². The molecule has 2 aliphatic heterocycles. The largest absolute Gasteiger partial charge is 0.484 e. The van der Waals surface area contributed by atoms with Gasteiger partial charge in [-0.1, -0.05) is 36.4 Å². The summed E-state index contributed by atoms with van der Waals surface area (Å²) in [6, 6.07) is 14.7. The predicted octanol–water partition coefficient (Wildman–Crippen LogP) is 3.47. The van der Waals surface area contributed by atoms with Gasteiger partial charge in [0.2, 0.25) is 10.0 Å². The van der Waals surface area contributed by atoms with Gasteiger partial charge >= 0.3 is 0 Å². The Morgan fingerprint density at radius 3 is 2.67 bits per heavy atom. The number of thiazole rings is 1. The summed E-state index contributed by atoms with van der Waals surface area (Å²) in [5, 5.41) is 2.79. The van der Waals surface area contributed by atoms with Crippen LogP contribution in [0.3, 0.4) is 0 Å². The molecule has 0 saturated carbocycles. The van der Waals surface area contributed by atoms with Crippen molar-refractivity contribution < 1.29 is 17.9 Å². The van der Waals surface area contributed by atoms with Crippen LogP contribution in [-0.2, 0) is 26.9 Å². The number of carbonyl (C=O) groups is 1. The third-order valence-electron chi connectivity index (χ3n) is 6.45. The van der Waals surface area contributed by atoms with Gasteiger partial charge in [0.1, 0.15) is 5.75 Å². The fourth-order valence-electron chi connectivity index (χ4n) is 4.80. The fraction of sp³-hybridized carbons (Fsp3) is 0.333. The van der Waals surface area contributed by atoms with E-state index in [4.69, 9.17) is 4.74 Å². The summed E-state index contributed by atoms with van der Waals surface area (Å²) in [5.41, 5.74) is 1.64. The standard InChI is InChI=1S/C24H25N3O4S2/c1-17-7-3-5-9-21(17)31-14-23(28)26-12-11-24(16-26)20-8-4-6-10-22(20)33(29,30)27(24)13-19-15-32-18(2)25-19/h3-10,15H,11-14,16H2,1-2H3. The third-order valence-corrected chi connectivity index (χ3v) is 9.24. The zero-order chi connectivity index (χ0) is 23.2. The van der Waals surface area contributed by atoms with Crippen LogP contribution < -0.4 is 4.74 Å². The van der Waals surface area contributed by atoms with Crippen LogP contribution in [0.4, 0.5) is 0 Å². The Hall–Kier alpha value is -2.75. The molecule has 1 unspecified atom stereocenters. The van der Waals surface area contributed by atoms with E-state index in [-0.39, 0.29) is 19.1 Å². The zero-order valence-corrected chi connectivity index (χ0v) is 20.2. The maximum absolute atomic E-state index is 13.6. The van der Waals surface area contributed by atoms with Crippen molar-refractivity contribution in [1.82, 2.24) is 14.2 Å². The van der Waals surface area contributed by atoms with Crippen molar-refractivity contribution in [3.8, 4) is 5.75 Å². The minimum Gasteiger partial charge on any atom is -0.484 e. The van der Waals surface area contributed by atoms with Crippen molar-refractivity contribution in [1.29, 1.82) is 0 Å². The van der Waals surface area contributed by atoms with Crippen molar-refractivity contribution in [2.24, 2.45) is 0 Å². The highest BCUT2D eigenvalue weighted by Gasteiger charge is 2.57. The van der Waals surface area contributed by atoms with E-state index in [9.17, 15) is 13.2 Å². The molecule has 2 aliphatic rings. The van der Waals surface area contributed by atoms with E-state index in [1.807, 2.05) is 55.6 Å². The van der Waals surface area contributed by atoms with Gasteiger partial charge in [0, 0.05) is 18.5 Å². The zero-order valence-electron chi connectivity index (χ0n) is 18.5. The second-order valence-electron chi connectivity index (χ2n) is 8.52. The quantitative estimate of drug-likeness (QED) is 0.555. The Bertz CT molecular complexity index is 1320. The molecule has 5 rings (SSSR count). The second-order valence-corrected chi connectivity index (χ2v) is 11.4. The maximum atomic E-state index is 13.6. The lowest BCUT2D eigenvalue weighted by Gasteiger charge is -2.33. The average Bonchev–Trinajstić information content (AvgIpc) is 3.47. The van der Waals surface area contributed by atoms with Gasteiger partial charge in [0.25, 0.3) is 5.91 Å². The fourth-order valence-corrected chi connectivity index (χ4v) is 7.44. The minimum absolute atomic E-state index is 0.0827. The van der Waals surface area contributed by atoms with Gasteiger partial charge in [-0.25, -0.2) is 13.4 Å². The summed E-state index contributed by atoms with van der Waals surface area (Å²) in [5.74, 6) is 0.524. The Balaban J connectivity index is 1.43. The molecule has 0 N–H and O–H groups in total. The van der Waals surface area contributed by atoms with Crippen molar-refractivity contribution >= 4 is 27.3 Å². The number of likely N-dealkylation sites (tertiary alicyclic amines) is 1. The molecule has 1 aromatic heterocycles. The molecule has 1 amide bonds. The molecule has 0 radical (unpaired) electrons. The highest BCUT2D eigenvalue weighted by Crippen LogP contribution is 2.50. The van der Waals surface area contributed by atoms with Crippen LogP contribution in [0.5, 0.6) is 5.75 Å². The lowest BCUT2D eigenvalue weighted by Crippen LogP contribution is -2.46. The number of carbonyl (C=O) groups excluding carboxylic acids is 1. The second kappa shape index (κ2) is 8.23. The van der Waals surface area contributed by atoms with Crippen LogP contribution in [0.25, 0.3) is 0 Å². The molecule has 3 heterocycles. The van der Waals surface area contributed by atoms with Gasteiger partial charge in [0.05, 0.1) is 27.7 Å². The highest BCUT2D eigenvalue weighted by atomic mass is 32.2. The summed E-state index contributed by atoms with van der Waals surface area (Å²) in [6.45, 7) is 4.70. The molecule has 33 heavy (non-hydrogen) atoms. The van der Waals surface area contributed by atoms with Crippen molar-refractivity contribution in [3.63, 3.8) is 0 Å². The molecule has 9 heteroatoms.